The van der Waals surface area contributed by atoms with Crippen molar-refractivity contribution in [3.8, 4) is 11.8 Å². The summed E-state index contributed by atoms with van der Waals surface area (Å²) in [6.45, 7) is 2.86. The summed E-state index contributed by atoms with van der Waals surface area (Å²) in [7, 11) is 1.68. The highest BCUT2D eigenvalue weighted by Gasteiger charge is 2.08. The molecule has 1 rings (SSSR count). The van der Waals surface area contributed by atoms with Gasteiger partial charge in [-0.05, 0) is 17.9 Å². The van der Waals surface area contributed by atoms with E-state index in [9.17, 15) is 0 Å². The molecule has 0 aliphatic heterocycles. The van der Waals surface area contributed by atoms with Crippen molar-refractivity contribution >= 4 is 11.3 Å². The van der Waals surface area contributed by atoms with Gasteiger partial charge in [-0.3, -0.25) is 0 Å². The molecule has 4 heteroatoms. The van der Waals surface area contributed by atoms with E-state index in [1.807, 2.05) is 11.4 Å². The quantitative estimate of drug-likeness (QED) is 0.807. The Bertz CT molecular complexity index is 330. The van der Waals surface area contributed by atoms with Crippen molar-refractivity contribution in [2.45, 2.75) is 32.4 Å². The lowest BCUT2D eigenvalue weighted by Crippen LogP contribution is -2.27. The Kier molecular flexibility index (Phi) is 5.16. The smallest absolute Gasteiger partial charge is 0.134 e. The lowest BCUT2D eigenvalue weighted by molar-refractivity contribution is 0.407. The molecule has 0 radical (unpaired) electrons. The zero-order valence-corrected chi connectivity index (χ0v) is 9.93. The third-order valence-corrected chi connectivity index (χ3v) is 3.21. The fourth-order valence-electron chi connectivity index (χ4n) is 1.35. The van der Waals surface area contributed by atoms with Gasteiger partial charge in [-0.1, -0.05) is 6.92 Å². The summed E-state index contributed by atoms with van der Waals surface area (Å²) in [6.07, 6.45) is 1.53. The lowest BCUT2D eigenvalue weighted by Gasteiger charge is -2.13. The zero-order chi connectivity index (χ0) is 11.1. The topological polar surface area (TPSA) is 45.0 Å². The Morgan fingerprint density at radius 1 is 1.67 bits per heavy atom. The van der Waals surface area contributed by atoms with Gasteiger partial charge in [-0.15, -0.1) is 11.3 Å². The first-order valence-electron chi connectivity index (χ1n) is 5.02. The van der Waals surface area contributed by atoms with Crippen molar-refractivity contribution in [1.29, 1.82) is 5.26 Å². The molecule has 0 aromatic carbocycles. The van der Waals surface area contributed by atoms with Crippen molar-refractivity contribution < 1.29 is 4.74 Å². The first-order chi connectivity index (χ1) is 7.31. The highest BCUT2D eigenvalue weighted by atomic mass is 32.1. The van der Waals surface area contributed by atoms with Gasteiger partial charge in [0.15, 0.2) is 0 Å². The molecule has 1 aromatic heterocycles. The summed E-state index contributed by atoms with van der Waals surface area (Å²) in [6, 6.07) is 4.43. The van der Waals surface area contributed by atoms with E-state index in [1.165, 1.54) is 4.88 Å². The molecular formula is C11H16N2OS. The molecule has 1 atom stereocenters. The van der Waals surface area contributed by atoms with Gasteiger partial charge in [0.1, 0.15) is 5.75 Å². The SMILES string of the molecule is CCC(CC#N)NCc1sccc1OC. The summed E-state index contributed by atoms with van der Waals surface area (Å²) < 4.78 is 5.22. The van der Waals surface area contributed by atoms with Crippen LogP contribution in [0.1, 0.15) is 24.6 Å². The van der Waals surface area contributed by atoms with Crippen LogP contribution >= 0.6 is 11.3 Å². The maximum atomic E-state index is 8.61. The molecule has 0 saturated heterocycles. The van der Waals surface area contributed by atoms with Gasteiger partial charge >= 0.3 is 0 Å². The largest absolute Gasteiger partial charge is 0.496 e. The van der Waals surface area contributed by atoms with Crippen LogP contribution in [0, 0.1) is 11.3 Å². The lowest BCUT2D eigenvalue weighted by atomic mass is 10.1. The molecule has 0 fully saturated rings. The van der Waals surface area contributed by atoms with E-state index in [2.05, 4.69) is 18.3 Å². The second-order valence-electron chi connectivity index (χ2n) is 3.26. The molecule has 3 nitrogen and oxygen atoms in total. The molecule has 0 aliphatic carbocycles. The summed E-state index contributed by atoms with van der Waals surface area (Å²) in [5.74, 6) is 0.930. The predicted molar refractivity (Wildman–Crippen MR) is 62.0 cm³/mol. The summed E-state index contributed by atoms with van der Waals surface area (Å²) in [4.78, 5) is 1.19. The van der Waals surface area contributed by atoms with E-state index in [0.29, 0.717) is 6.42 Å². The van der Waals surface area contributed by atoms with Crippen molar-refractivity contribution in [1.82, 2.24) is 5.32 Å². The molecule has 1 unspecified atom stereocenters. The van der Waals surface area contributed by atoms with Crippen molar-refractivity contribution in [3.63, 3.8) is 0 Å². The minimum absolute atomic E-state index is 0.279. The fourth-order valence-corrected chi connectivity index (χ4v) is 2.14. The van der Waals surface area contributed by atoms with Gasteiger partial charge in [-0.2, -0.15) is 5.26 Å². The van der Waals surface area contributed by atoms with Crippen LogP contribution in [0.25, 0.3) is 0 Å². The Morgan fingerprint density at radius 3 is 3.07 bits per heavy atom. The maximum Gasteiger partial charge on any atom is 0.134 e. The number of hydrogen-bond acceptors (Lipinski definition) is 4. The average molecular weight is 224 g/mol. The Balaban J connectivity index is 2.45. The van der Waals surface area contributed by atoms with Gasteiger partial charge in [0.25, 0.3) is 0 Å². The van der Waals surface area contributed by atoms with Crippen LogP contribution in [0.4, 0.5) is 0 Å². The van der Waals surface area contributed by atoms with E-state index < -0.39 is 0 Å². The average Bonchev–Trinajstić information content (AvgIpc) is 2.71. The van der Waals surface area contributed by atoms with E-state index in [0.717, 1.165) is 18.7 Å². The summed E-state index contributed by atoms with van der Waals surface area (Å²) >= 11 is 1.67. The van der Waals surface area contributed by atoms with Crippen molar-refractivity contribution in [3.05, 3.63) is 16.3 Å². The van der Waals surface area contributed by atoms with E-state index in [-0.39, 0.29) is 6.04 Å². The highest BCUT2D eigenvalue weighted by molar-refractivity contribution is 7.10. The monoisotopic (exact) mass is 224 g/mol. The normalized spacial score (nSPS) is 12.1. The fraction of sp³-hybridized carbons (Fsp3) is 0.545. The Morgan fingerprint density at radius 2 is 2.47 bits per heavy atom. The molecule has 0 bridgehead atoms. The predicted octanol–water partition coefficient (Wildman–Crippen LogP) is 2.54. The van der Waals surface area contributed by atoms with Crippen molar-refractivity contribution in [2.75, 3.05) is 7.11 Å². The van der Waals surface area contributed by atoms with Crippen LogP contribution in [0.5, 0.6) is 5.75 Å². The number of nitrogens with zero attached hydrogens (tertiary/aromatic N) is 1. The third-order valence-electron chi connectivity index (χ3n) is 2.31. The van der Waals surface area contributed by atoms with E-state index >= 15 is 0 Å². The van der Waals surface area contributed by atoms with Gasteiger partial charge in [0, 0.05) is 12.6 Å². The van der Waals surface area contributed by atoms with Crippen LogP contribution < -0.4 is 10.1 Å². The first-order valence-corrected chi connectivity index (χ1v) is 5.90. The molecule has 0 amide bonds. The van der Waals surface area contributed by atoms with E-state index in [4.69, 9.17) is 10.00 Å². The summed E-state index contributed by atoms with van der Waals surface area (Å²) in [5, 5.41) is 14.0. The minimum Gasteiger partial charge on any atom is -0.496 e. The molecule has 1 N–H and O–H groups in total. The van der Waals surface area contributed by atoms with Gasteiger partial charge in [0.2, 0.25) is 0 Å². The maximum absolute atomic E-state index is 8.61. The third kappa shape index (κ3) is 3.54. The number of nitrogens with one attached hydrogen (secondary N) is 1. The van der Waals surface area contributed by atoms with Gasteiger partial charge in [0.05, 0.1) is 24.5 Å². The molecular weight excluding hydrogens is 208 g/mol. The Labute approximate surface area is 94.7 Å². The zero-order valence-electron chi connectivity index (χ0n) is 9.12. The minimum atomic E-state index is 0.279. The molecule has 82 valence electrons. The van der Waals surface area contributed by atoms with Crippen molar-refractivity contribution in [2.24, 2.45) is 0 Å². The van der Waals surface area contributed by atoms with E-state index in [1.54, 1.807) is 18.4 Å². The number of ether oxygens (including phenoxy) is 1. The first kappa shape index (κ1) is 12.0. The number of nitriles is 1. The molecule has 1 aromatic rings. The second kappa shape index (κ2) is 6.44. The van der Waals surface area contributed by atoms with Gasteiger partial charge in [-0.25, -0.2) is 0 Å². The second-order valence-corrected chi connectivity index (χ2v) is 4.26. The standard InChI is InChI=1S/C11H16N2OS/c1-3-9(4-6-12)13-8-11-10(14-2)5-7-15-11/h5,7,9,13H,3-4,8H2,1-2H3. The molecule has 0 aliphatic rings. The number of methoxy groups -OCH3 is 1. The number of hydrogen-bond donors (Lipinski definition) is 1. The molecule has 0 spiro atoms. The van der Waals surface area contributed by atoms with Crippen LogP contribution in [-0.4, -0.2) is 13.2 Å². The molecule has 1 heterocycles. The van der Waals surface area contributed by atoms with Crippen LogP contribution in [0.3, 0.4) is 0 Å². The summed E-state index contributed by atoms with van der Waals surface area (Å²) in [5.41, 5.74) is 0. The molecule has 0 saturated carbocycles. The molecule has 15 heavy (non-hydrogen) atoms. The number of rotatable bonds is 6. The van der Waals surface area contributed by atoms with Crippen LogP contribution in [0.2, 0.25) is 0 Å². The van der Waals surface area contributed by atoms with Gasteiger partial charge < -0.3 is 10.1 Å². The van der Waals surface area contributed by atoms with Crippen LogP contribution in [-0.2, 0) is 6.54 Å². The van der Waals surface area contributed by atoms with Crippen LogP contribution in [0.15, 0.2) is 11.4 Å². The highest BCUT2D eigenvalue weighted by Crippen LogP contribution is 2.24. The Hall–Kier alpha value is -1.05. The number of thiophene rings is 1.